The van der Waals surface area contributed by atoms with E-state index in [1.54, 1.807) is 31.9 Å². The Morgan fingerprint density at radius 1 is 1.41 bits per heavy atom. The summed E-state index contributed by atoms with van der Waals surface area (Å²) in [6.07, 6.45) is 4.03. The number of nitrogens with one attached hydrogen (secondary N) is 1. The maximum Gasteiger partial charge on any atom is 0.289 e. The highest BCUT2D eigenvalue weighted by Gasteiger charge is 2.23. The van der Waals surface area contributed by atoms with Gasteiger partial charge in [0.2, 0.25) is 0 Å². The zero-order chi connectivity index (χ0) is 18.5. The monoisotopic (exact) mass is 411 g/mol. The number of halogens is 1. The van der Waals surface area contributed by atoms with Crippen LogP contribution in [0.2, 0.25) is 0 Å². The Morgan fingerprint density at radius 2 is 2.15 bits per heavy atom. The molecule has 148 valence electrons. The summed E-state index contributed by atoms with van der Waals surface area (Å²) in [4.78, 5) is 13.4. The van der Waals surface area contributed by atoms with E-state index in [0.717, 1.165) is 42.7 Å². The number of allylic oxidation sites excluding steroid dienone is 1. The highest BCUT2D eigenvalue weighted by molar-refractivity contribution is 7.98. The molecule has 0 atom stereocenters. The molecule has 0 aromatic carbocycles. The van der Waals surface area contributed by atoms with Gasteiger partial charge in [-0.05, 0) is 38.1 Å². The molecule has 1 saturated heterocycles. The molecule has 3 rings (SSSR count). The van der Waals surface area contributed by atoms with Crippen molar-refractivity contribution in [2.24, 2.45) is 0 Å². The highest BCUT2D eigenvalue weighted by atomic mass is 35.5. The van der Waals surface area contributed by atoms with E-state index in [4.69, 9.17) is 4.42 Å². The van der Waals surface area contributed by atoms with Crippen molar-refractivity contribution >= 4 is 30.1 Å². The zero-order valence-electron chi connectivity index (χ0n) is 15.7. The van der Waals surface area contributed by atoms with Crippen LogP contribution in [0.25, 0.3) is 0 Å². The van der Waals surface area contributed by atoms with E-state index in [-0.39, 0.29) is 18.3 Å². The summed E-state index contributed by atoms with van der Waals surface area (Å²) >= 11 is 1.57. The van der Waals surface area contributed by atoms with Gasteiger partial charge in [-0.2, -0.15) is 0 Å². The number of carbonyl (C=O) groups is 1. The molecule has 3 heterocycles. The molecule has 0 aliphatic carbocycles. The van der Waals surface area contributed by atoms with Gasteiger partial charge in [0.25, 0.3) is 5.91 Å². The summed E-state index contributed by atoms with van der Waals surface area (Å²) in [6, 6.07) is 3.55. The zero-order valence-corrected chi connectivity index (χ0v) is 17.3. The largest absolute Gasteiger partial charge is 0.455 e. The third kappa shape index (κ3) is 5.15. The number of hydrogen-bond acceptors (Lipinski definition) is 6. The summed E-state index contributed by atoms with van der Waals surface area (Å²) < 4.78 is 7.79. The molecule has 0 radical (unpaired) electrons. The van der Waals surface area contributed by atoms with Gasteiger partial charge in [-0.3, -0.25) is 4.79 Å². The molecule has 0 unspecified atom stereocenters. The van der Waals surface area contributed by atoms with Gasteiger partial charge >= 0.3 is 0 Å². The Bertz CT molecular complexity index is 768. The predicted octanol–water partition coefficient (Wildman–Crippen LogP) is 2.94. The number of piperidine rings is 1. The summed E-state index contributed by atoms with van der Waals surface area (Å²) in [7, 11) is 3.42. The summed E-state index contributed by atoms with van der Waals surface area (Å²) in [5, 5.41) is 13.1. The summed E-state index contributed by atoms with van der Waals surface area (Å²) in [5.74, 6) is 3.04. The molecule has 0 bridgehead atoms. The number of carbonyl (C=O) groups excluding carboxylic acids is 1. The van der Waals surface area contributed by atoms with Crippen molar-refractivity contribution in [3.63, 3.8) is 0 Å². The first-order valence-electron chi connectivity index (χ1n) is 8.78. The number of amides is 1. The van der Waals surface area contributed by atoms with Crippen molar-refractivity contribution in [1.29, 1.82) is 0 Å². The minimum atomic E-state index is -0.135. The average Bonchev–Trinajstić information content (AvgIpc) is 3.27. The lowest BCUT2D eigenvalue weighted by Crippen LogP contribution is -2.28. The van der Waals surface area contributed by atoms with Crippen molar-refractivity contribution in [3.05, 3.63) is 42.1 Å². The molecule has 1 aliphatic rings. The third-order valence-electron chi connectivity index (χ3n) is 4.38. The molecule has 1 amide bonds. The Kier molecular flexibility index (Phi) is 7.94. The number of thioether (sulfide) groups is 1. The SMILES string of the molecule is C=CCn1c(SCc2ccc(C(=O)N(C)C)o2)nnc1C1CCNCC1.Cl. The number of rotatable bonds is 7. The lowest BCUT2D eigenvalue weighted by molar-refractivity contribution is 0.0795. The van der Waals surface area contributed by atoms with Crippen molar-refractivity contribution in [1.82, 2.24) is 25.0 Å². The van der Waals surface area contributed by atoms with Gasteiger partial charge in [-0.25, -0.2) is 0 Å². The fraction of sp³-hybridized carbons (Fsp3) is 0.500. The average molecular weight is 412 g/mol. The highest BCUT2D eigenvalue weighted by Crippen LogP contribution is 2.29. The molecule has 2 aromatic rings. The van der Waals surface area contributed by atoms with Gasteiger partial charge in [0, 0.05) is 26.6 Å². The van der Waals surface area contributed by atoms with Crippen LogP contribution in [0.5, 0.6) is 0 Å². The van der Waals surface area contributed by atoms with E-state index in [0.29, 0.717) is 24.0 Å². The first-order chi connectivity index (χ1) is 12.6. The fourth-order valence-corrected chi connectivity index (χ4v) is 3.87. The molecule has 2 aromatic heterocycles. The third-order valence-corrected chi connectivity index (χ3v) is 5.37. The molecule has 1 N–H and O–H groups in total. The second-order valence-electron chi connectivity index (χ2n) is 6.52. The maximum absolute atomic E-state index is 11.9. The molecule has 0 spiro atoms. The van der Waals surface area contributed by atoms with Gasteiger partial charge in [0.15, 0.2) is 10.9 Å². The van der Waals surface area contributed by atoms with Crippen LogP contribution in [0.4, 0.5) is 0 Å². The van der Waals surface area contributed by atoms with Gasteiger partial charge in [-0.15, -0.1) is 29.2 Å². The van der Waals surface area contributed by atoms with Crippen LogP contribution in [0.15, 0.2) is 34.4 Å². The lowest BCUT2D eigenvalue weighted by Gasteiger charge is -2.22. The van der Waals surface area contributed by atoms with Crippen molar-refractivity contribution in [2.75, 3.05) is 27.2 Å². The van der Waals surface area contributed by atoms with Crippen LogP contribution in [-0.2, 0) is 12.3 Å². The van der Waals surface area contributed by atoms with Gasteiger partial charge in [0.1, 0.15) is 11.6 Å². The summed E-state index contributed by atoms with van der Waals surface area (Å²) in [6.45, 7) is 6.59. The van der Waals surface area contributed by atoms with Crippen molar-refractivity contribution in [2.45, 2.75) is 36.2 Å². The predicted molar refractivity (Wildman–Crippen MR) is 109 cm³/mol. The van der Waals surface area contributed by atoms with E-state index >= 15 is 0 Å². The van der Waals surface area contributed by atoms with Gasteiger partial charge in [-0.1, -0.05) is 17.8 Å². The Hall–Kier alpha value is -1.77. The van der Waals surface area contributed by atoms with E-state index in [2.05, 4.69) is 26.7 Å². The smallest absolute Gasteiger partial charge is 0.289 e. The lowest BCUT2D eigenvalue weighted by atomic mass is 9.97. The summed E-state index contributed by atoms with van der Waals surface area (Å²) in [5.41, 5.74) is 0. The number of hydrogen-bond donors (Lipinski definition) is 1. The van der Waals surface area contributed by atoms with Crippen LogP contribution >= 0.6 is 24.2 Å². The van der Waals surface area contributed by atoms with E-state index in [9.17, 15) is 4.79 Å². The first kappa shape index (κ1) is 21.5. The Balaban J connectivity index is 0.00000261. The van der Waals surface area contributed by atoms with Crippen molar-refractivity contribution in [3.8, 4) is 0 Å². The Labute approximate surface area is 170 Å². The molecule has 0 saturated carbocycles. The van der Waals surface area contributed by atoms with Crippen molar-refractivity contribution < 1.29 is 9.21 Å². The van der Waals surface area contributed by atoms with Gasteiger partial charge < -0.3 is 19.2 Å². The molecule has 9 heteroatoms. The van der Waals surface area contributed by atoms with Crippen LogP contribution in [0.3, 0.4) is 0 Å². The first-order valence-corrected chi connectivity index (χ1v) is 9.76. The second-order valence-corrected chi connectivity index (χ2v) is 7.46. The molecule has 1 fully saturated rings. The van der Waals surface area contributed by atoms with Crippen LogP contribution in [0.1, 0.15) is 40.9 Å². The minimum absolute atomic E-state index is 0. The quantitative estimate of drug-likeness (QED) is 0.557. The fourth-order valence-electron chi connectivity index (χ4n) is 3.02. The number of furan rings is 1. The topological polar surface area (TPSA) is 76.2 Å². The molecular formula is C18H26ClN5O2S. The van der Waals surface area contributed by atoms with Crippen LogP contribution < -0.4 is 5.32 Å². The van der Waals surface area contributed by atoms with E-state index in [1.165, 1.54) is 4.90 Å². The molecular weight excluding hydrogens is 386 g/mol. The van der Waals surface area contributed by atoms with E-state index in [1.807, 2.05) is 12.1 Å². The maximum atomic E-state index is 11.9. The van der Waals surface area contributed by atoms with Crippen LogP contribution in [-0.4, -0.2) is 52.8 Å². The number of nitrogens with zero attached hydrogens (tertiary/aromatic N) is 4. The normalized spacial score (nSPS) is 14.6. The molecule has 27 heavy (non-hydrogen) atoms. The molecule has 1 aliphatic heterocycles. The minimum Gasteiger partial charge on any atom is -0.455 e. The Morgan fingerprint density at radius 3 is 2.81 bits per heavy atom. The second kappa shape index (κ2) is 9.96. The van der Waals surface area contributed by atoms with Crippen LogP contribution in [0, 0.1) is 0 Å². The molecule has 7 nitrogen and oxygen atoms in total. The van der Waals surface area contributed by atoms with Gasteiger partial charge in [0.05, 0.1) is 5.75 Å². The standard InChI is InChI=1S/C18H25N5O2S.ClH/c1-4-11-23-16(13-7-9-19-10-8-13)20-21-18(23)26-12-14-5-6-15(25-14)17(24)22(2)3;/h4-6,13,19H,1,7-12H2,2-3H3;1H. The number of aromatic nitrogens is 3. The van der Waals surface area contributed by atoms with E-state index < -0.39 is 0 Å².